The van der Waals surface area contributed by atoms with Gasteiger partial charge >= 0.3 is 0 Å². The van der Waals surface area contributed by atoms with Gasteiger partial charge in [0.25, 0.3) is 0 Å². The standard InChI is InChI=1S/C19H24ClN3O2S.2ClH/c1-13(19(24)23-9-3-4-16(11-23)21-2)26-12-18-22-10-17(25-18)14-5-7-15(20)8-6-14;;/h5-8,10,13,16,21H,3-4,9,11-12H2,1-2H3;2*1H. The van der Waals surface area contributed by atoms with Gasteiger partial charge in [-0.3, -0.25) is 4.79 Å². The minimum Gasteiger partial charge on any atom is -0.440 e. The Kier molecular flexibility index (Phi) is 10.7. The molecule has 1 amide bonds. The lowest BCUT2D eigenvalue weighted by molar-refractivity contribution is -0.131. The van der Waals surface area contributed by atoms with E-state index in [1.54, 1.807) is 18.0 Å². The van der Waals surface area contributed by atoms with Crippen molar-refractivity contribution in [3.8, 4) is 11.3 Å². The van der Waals surface area contributed by atoms with Gasteiger partial charge in [-0.05, 0) is 51.1 Å². The van der Waals surface area contributed by atoms with E-state index in [-0.39, 0.29) is 36.0 Å². The Balaban J connectivity index is 0.00000196. The van der Waals surface area contributed by atoms with Crippen LogP contribution in [0, 0.1) is 0 Å². The first-order valence-corrected chi connectivity index (χ1v) is 10.3. The lowest BCUT2D eigenvalue weighted by atomic mass is 10.1. The number of likely N-dealkylation sites (N-methyl/N-ethyl adjacent to an activating group) is 1. The highest BCUT2D eigenvalue weighted by atomic mass is 35.5. The molecule has 1 aliphatic heterocycles. The Labute approximate surface area is 187 Å². The first kappa shape index (κ1) is 25.1. The molecule has 1 aromatic carbocycles. The molecule has 1 N–H and O–H groups in total. The lowest BCUT2D eigenvalue weighted by Gasteiger charge is -2.34. The number of likely N-dealkylation sites (tertiary alicyclic amines) is 1. The second-order valence-corrected chi connectivity index (χ2v) is 8.26. The molecule has 0 saturated carbocycles. The third kappa shape index (κ3) is 6.56. The fourth-order valence-electron chi connectivity index (χ4n) is 3.06. The highest BCUT2D eigenvalue weighted by molar-refractivity contribution is 7.99. The molecule has 0 bridgehead atoms. The molecule has 1 fully saturated rings. The topological polar surface area (TPSA) is 58.4 Å². The van der Waals surface area contributed by atoms with Crippen LogP contribution in [-0.2, 0) is 10.5 Å². The molecule has 2 aromatic rings. The van der Waals surface area contributed by atoms with Crippen molar-refractivity contribution in [3.63, 3.8) is 0 Å². The zero-order valence-electron chi connectivity index (χ0n) is 15.9. The van der Waals surface area contributed by atoms with Crippen LogP contribution in [0.2, 0.25) is 5.02 Å². The summed E-state index contributed by atoms with van der Waals surface area (Å²) < 4.78 is 5.81. The number of oxazole rings is 1. The number of carbonyl (C=O) groups excluding carboxylic acids is 1. The maximum absolute atomic E-state index is 12.7. The van der Waals surface area contributed by atoms with Gasteiger partial charge in [-0.1, -0.05) is 11.6 Å². The van der Waals surface area contributed by atoms with Crippen LogP contribution in [0.3, 0.4) is 0 Å². The largest absolute Gasteiger partial charge is 0.440 e. The molecule has 2 unspecified atom stereocenters. The van der Waals surface area contributed by atoms with E-state index in [1.807, 2.05) is 43.1 Å². The SMILES string of the molecule is CNC1CCCN(C(=O)C(C)SCc2ncc(-c3ccc(Cl)cc3)o2)C1.Cl.Cl. The van der Waals surface area contributed by atoms with Gasteiger partial charge in [0.05, 0.1) is 17.2 Å². The van der Waals surface area contributed by atoms with Gasteiger partial charge in [-0.2, -0.15) is 0 Å². The number of rotatable bonds is 6. The van der Waals surface area contributed by atoms with Crippen molar-refractivity contribution in [3.05, 3.63) is 41.4 Å². The Bertz CT molecular complexity index is 742. The summed E-state index contributed by atoms with van der Waals surface area (Å²) in [6, 6.07) is 7.86. The van der Waals surface area contributed by atoms with E-state index in [9.17, 15) is 4.79 Å². The highest BCUT2D eigenvalue weighted by Gasteiger charge is 2.26. The maximum Gasteiger partial charge on any atom is 0.235 e. The molecule has 156 valence electrons. The Morgan fingerprint density at radius 3 is 2.79 bits per heavy atom. The van der Waals surface area contributed by atoms with Gasteiger partial charge < -0.3 is 14.6 Å². The minimum absolute atomic E-state index is 0. The molecule has 0 radical (unpaired) electrons. The molecular formula is C19H26Cl3N3O2S. The smallest absolute Gasteiger partial charge is 0.235 e. The number of amides is 1. The third-order valence-electron chi connectivity index (χ3n) is 4.63. The molecule has 0 spiro atoms. The predicted molar refractivity (Wildman–Crippen MR) is 121 cm³/mol. The highest BCUT2D eigenvalue weighted by Crippen LogP contribution is 2.26. The number of hydrogen-bond donors (Lipinski definition) is 1. The number of nitrogens with zero attached hydrogens (tertiary/aromatic N) is 2. The lowest BCUT2D eigenvalue weighted by Crippen LogP contribution is -2.49. The molecule has 1 aliphatic rings. The molecule has 2 atom stereocenters. The second kappa shape index (κ2) is 11.9. The van der Waals surface area contributed by atoms with Crippen molar-refractivity contribution < 1.29 is 9.21 Å². The normalized spacial score (nSPS) is 17.4. The number of hydrogen-bond acceptors (Lipinski definition) is 5. The molecule has 1 saturated heterocycles. The average Bonchev–Trinajstić information content (AvgIpc) is 3.15. The molecule has 5 nitrogen and oxygen atoms in total. The summed E-state index contributed by atoms with van der Waals surface area (Å²) >= 11 is 7.47. The van der Waals surface area contributed by atoms with Crippen molar-refractivity contribution in [1.29, 1.82) is 0 Å². The quantitative estimate of drug-likeness (QED) is 0.670. The summed E-state index contributed by atoms with van der Waals surface area (Å²) in [6.07, 6.45) is 3.90. The summed E-state index contributed by atoms with van der Waals surface area (Å²) in [5.41, 5.74) is 0.939. The van der Waals surface area contributed by atoms with E-state index in [0.717, 1.165) is 31.5 Å². The number of carbonyl (C=O) groups is 1. The Hall–Kier alpha value is -0.920. The molecule has 2 heterocycles. The summed E-state index contributed by atoms with van der Waals surface area (Å²) in [6.45, 7) is 3.60. The predicted octanol–water partition coefficient (Wildman–Crippen LogP) is 4.67. The van der Waals surface area contributed by atoms with E-state index in [4.69, 9.17) is 16.0 Å². The molecule has 28 heavy (non-hydrogen) atoms. The van der Waals surface area contributed by atoms with Crippen LogP contribution in [0.15, 0.2) is 34.9 Å². The summed E-state index contributed by atoms with van der Waals surface area (Å²) in [5, 5.41) is 3.85. The van der Waals surface area contributed by atoms with Crippen molar-refractivity contribution in [2.75, 3.05) is 20.1 Å². The second-order valence-electron chi connectivity index (χ2n) is 6.49. The van der Waals surface area contributed by atoms with Crippen molar-refractivity contribution in [2.24, 2.45) is 0 Å². The summed E-state index contributed by atoms with van der Waals surface area (Å²) in [4.78, 5) is 19.0. The molecule has 9 heteroatoms. The van der Waals surface area contributed by atoms with Gasteiger partial charge in [0.15, 0.2) is 5.76 Å². The van der Waals surface area contributed by atoms with Crippen molar-refractivity contribution >= 4 is 54.1 Å². The van der Waals surface area contributed by atoms with Gasteiger partial charge in [0.1, 0.15) is 0 Å². The van der Waals surface area contributed by atoms with Crippen LogP contribution in [0.25, 0.3) is 11.3 Å². The minimum atomic E-state index is -0.114. The van der Waals surface area contributed by atoms with Crippen LogP contribution in [0.4, 0.5) is 0 Å². The molecule has 1 aromatic heterocycles. The van der Waals surface area contributed by atoms with Crippen LogP contribution >= 0.6 is 48.2 Å². The number of halogens is 3. The Morgan fingerprint density at radius 1 is 1.39 bits per heavy atom. The van der Waals surface area contributed by atoms with E-state index in [2.05, 4.69) is 10.3 Å². The van der Waals surface area contributed by atoms with Crippen LogP contribution in [0.5, 0.6) is 0 Å². The van der Waals surface area contributed by atoms with E-state index >= 15 is 0 Å². The van der Waals surface area contributed by atoms with Crippen LogP contribution < -0.4 is 5.32 Å². The number of piperidine rings is 1. The fourth-order valence-corrected chi connectivity index (χ4v) is 4.01. The summed E-state index contributed by atoms with van der Waals surface area (Å²) in [5.74, 6) is 2.11. The van der Waals surface area contributed by atoms with Crippen LogP contribution in [0.1, 0.15) is 25.7 Å². The van der Waals surface area contributed by atoms with Gasteiger partial charge in [0.2, 0.25) is 11.8 Å². The number of benzene rings is 1. The Morgan fingerprint density at radius 2 is 2.11 bits per heavy atom. The van der Waals surface area contributed by atoms with Gasteiger partial charge in [-0.25, -0.2) is 4.98 Å². The zero-order valence-corrected chi connectivity index (χ0v) is 19.1. The first-order valence-electron chi connectivity index (χ1n) is 8.85. The number of aromatic nitrogens is 1. The average molecular weight is 467 g/mol. The zero-order chi connectivity index (χ0) is 18.5. The fraction of sp³-hybridized carbons (Fsp3) is 0.474. The number of nitrogens with one attached hydrogen (secondary N) is 1. The summed E-state index contributed by atoms with van der Waals surface area (Å²) in [7, 11) is 1.96. The molecule has 3 rings (SSSR count). The first-order chi connectivity index (χ1) is 12.6. The van der Waals surface area contributed by atoms with Crippen molar-refractivity contribution in [2.45, 2.75) is 36.8 Å². The van der Waals surface area contributed by atoms with E-state index in [1.165, 1.54) is 0 Å². The monoisotopic (exact) mass is 465 g/mol. The van der Waals surface area contributed by atoms with Crippen molar-refractivity contribution in [1.82, 2.24) is 15.2 Å². The molecule has 0 aliphatic carbocycles. The molecular weight excluding hydrogens is 441 g/mol. The van der Waals surface area contributed by atoms with E-state index in [0.29, 0.717) is 28.5 Å². The number of thioether (sulfide) groups is 1. The van der Waals surface area contributed by atoms with E-state index < -0.39 is 0 Å². The maximum atomic E-state index is 12.7. The van der Waals surface area contributed by atoms with Gasteiger partial charge in [0, 0.05) is 29.7 Å². The van der Waals surface area contributed by atoms with Gasteiger partial charge in [-0.15, -0.1) is 36.6 Å². The third-order valence-corrected chi connectivity index (χ3v) is 6.00. The van der Waals surface area contributed by atoms with Crippen LogP contribution in [-0.4, -0.2) is 47.2 Å².